The fourth-order valence-electron chi connectivity index (χ4n) is 7.36. The number of carbonyl (C=O) groups is 1. The number of benzene rings is 4. The molecule has 0 atom stereocenters. The van der Waals surface area contributed by atoms with Gasteiger partial charge in [-0.1, -0.05) is 103 Å². The molecule has 55 heavy (non-hydrogen) atoms. The molecule has 4 aromatic rings. The van der Waals surface area contributed by atoms with Gasteiger partial charge in [0, 0.05) is 69.4 Å². The second kappa shape index (κ2) is 16.1. The van der Waals surface area contributed by atoms with Crippen molar-refractivity contribution in [3.63, 3.8) is 0 Å². The van der Waals surface area contributed by atoms with Gasteiger partial charge in [0.05, 0.1) is 11.3 Å². The monoisotopic (exact) mass is 763 g/mol. The lowest BCUT2D eigenvalue weighted by Crippen LogP contribution is -2.50. The normalized spacial score (nSPS) is 15.9. The Hall–Kier alpha value is -4.80. The van der Waals surface area contributed by atoms with Crippen molar-refractivity contribution in [2.75, 3.05) is 66.9 Å². The average Bonchev–Trinajstić information content (AvgIpc) is 3.16. The molecule has 10 heteroatoms. The van der Waals surface area contributed by atoms with Gasteiger partial charge < -0.3 is 19.8 Å². The number of rotatable bonds is 11. The van der Waals surface area contributed by atoms with Gasteiger partial charge in [0.1, 0.15) is 0 Å². The predicted molar refractivity (Wildman–Crippen MR) is 227 cm³/mol. The van der Waals surface area contributed by atoms with E-state index >= 15 is 0 Å². The van der Waals surface area contributed by atoms with Crippen LogP contribution in [0.3, 0.4) is 0 Å². The van der Waals surface area contributed by atoms with Crippen molar-refractivity contribution in [2.24, 2.45) is 0 Å². The summed E-state index contributed by atoms with van der Waals surface area (Å²) < 4.78 is 31.3. The van der Waals surface area contributed by atoms with E-state index in [9.17, 15) is 18.3 Å². The maximum absolute atomic E-state index is 13.6. The molecule has 2 fully saturated rings. The third-order valence-corrected chi connectivity index (χ3v) is 12.5. The summed E-state index contributed by atoms with van der Waals surface area (Å²) in [5.74, 6) is -1.20. The molecule has 0 spiro atoms. The summed E-state index contributed by atoms with van der Waals surface area (Å²) in [5.41, 5.74) is 8.92. The number of carboxylic acids is 1. The fraction of sp³-hybridized carbons (Fsp3) is 0.400. The first kappa shape index (κ1) is 39.9. The Balaban J connectivity index is 1.06. The molecule has 9 nitrogen and oxygen atoms in total. The Morgan fingerprint density at radius 1 is 0.691 bits per heavy atom. The second-order valence-corrected chi connectivity index (χ2v) is 18.6. The van der Waals surface area contributed by atoms with E-state index in [0.29, 0.717) is 13.1 Å². The topological polar surface area (TPSA) is 96.4 Å². The Labute approximate surface area is 328 Å². The smallest absolute Gasteiger partial charge is 0.337 e. The minimum atomic E-state index is -4.01. The van der Waals surface area contributed by atoms with E-state index in [1.807, 2.05) is 12.1 Å². The molecule has 0 saturated carbocycles. The van der Waals surface area contributed by atoms with Crippen molar-refractivity contribution in [1.82, 2.24) is 9.21 Å². The maximum Gasteiger partial charge on any atom is 0.337 e. The van der Waals surface area contributed by atoms with Gasteiger partial charge in [-0.25, -0.2) is 4.79 Å². The van der Waals surface area contributed by atoms with Crippen LogP contribution in [-0.2, 0) is 27.5 Å². The van der Waals surface area contributed by atoms with Gasteiger partial charge in [0.2, 0.25) is 0 Å². The highest BCUT2D eigenvalue weighted by molar-refractivity contribution is 7.90. The highest BCUT2D eigenvalue weighted by Crippen LogP contribution is 2.31. The Morgan fingerprint density at radius 2 is 1.20 bits per heavy atom. The summed E-state index contributed by atoms with van der Waals surface area (Å²) in [4.78, 5) is 19.2. The zero-order chi connectivity index (χ0) is 39.5. The van der Waals surface area contributed by atoms with Crippen LogP contribution in [0.1, 0.15) is 75.0 Å². The zero-order valence-corrected chi connectivity index (χ0v) is 34.1. The molecule has 2 aliphatic rings. The van der Waals surface area contributed by atoms with Gasteiger partial charge in [-0.15, -0.1) is 0 Å². The lowest BCUT2D eigenvalue weighted by Gasteiger charge is -2.38. The summed E-state index contributed by atoms with van der Waals surface area (Å²) in [5, 5.41) is 9.98. The van der Waals surface area contributed by atoms with Crippen molar-refractivity contribution in [3.8, 4) is 11.1 Å². The Kier molecular flexibility index (Phi) is 11.7. The molecule has 0 aliphatic carbocycles. The Morgan fingerprint density at radius 3 is 1.71 bits per heavy atom. The molecule has 2 heterocycles. The van der Waals surface area contributed by atoms with Gasteiger partial charge >= 0.3 is 16.2 Å². The Bertz CT molecular complexity index is 2080. The number of hydrogen-bond donors (Lipinski definition) is 2. The van der Waals surface area contributed by atoms with Gasteiger partial charge in [0.25, 0.3) is 0 Å². The number of allylic oxidation sites excluding steroid dienone is 1. The van der Waals surface area contributed by atoms with Gasteiger partial charge in [-0.2, -0.15) is 12.7 Å². The van der Waals surface area contributed by atoms with Crippen LogP contribution in [0.5, 0.6) is 0 Å². The van der Waals surface area contributed by atoms with E-state index in [2.05, 4.69) is 128 Å². The summed E-state index contributed by atoms with van der Waals surface area (Å²) in [7, 11) is -4.01. The van der Waals surface area contributed by atoms with Crippen LogP contribution in [0.25, 0.3) is 11.1 Å². The second-order valence-electron chi connectivity index (χ2n) is 16.9. The van der Waals surface area contributed by atoms with Gasteiger partial charge in [-0.3, -0.25) is 4.72 Å². The molecule has 0 bridgehead atoms. The molecule has 292 valence electrons. The molecule has 0 aromatic heterocycles. The van der Waals surface area contributed by atoms with Crippen LogP contribution in [0.15, 0.2) is 103 Å². The summed E-state index contributed by atoms with van der Waals surface area (Å²) in [6.45, 7) is 23.1. The average molecular weight is 764 g/mol. The quantitative estimate of drug-likeness (QED) is 0.159. The van der Waals surface area contributed by atoms with Crippen LogP contribution in [0.4, 0.5) is 17.1 Å². The number of aromatic carboxylic acids is 1. The molecule has 6 rings (SSSR count). The highest BCUT2D eigenvalue weighted by Gasteiger charge is 2.29. The minimum absolute atomic E-state index is 0.0493. The summed E-state index contributed by atoms with van der Waals surface area (Å²) in [6, 6.07) is 30.4. The first-order valence-electron chi connectivity index (χ1n) is 19.4. The first-order valence-corrected chi connectivity index (χ1v) is 20.8. The molecule has 2 N–H and O–H groups in total. The number of nitrogens with zero attached hydrogens (tertiary/aromatic N) is 4. The molecule has 0 amide bonds. The predicted octanol–water partition coefficient (Wildman–Crippen LogP) is 8.39. The van der Waals surface area contributed by atoms with Gasteiger partial charge in [0.15, 0.2) is 0 Å². The molecule has 0 radical (unpaired) electrons. The maximum atomic E-state index is 13.6. The number of piperazine rings is 2. The van der Waals surface area contributed by atoms with E-state index in [-0.39, 0.29) is 35.2 Å². The molecule has 4 aromatic carbocycles. The lowest BCUT2D eigenvalue weighted by atomic mass is 9.87. The number of nitrogens with one attached hydrogen (secondary N) is 1. The number of aryl methyl sites for hydroxylation is 1. The van der Waals surface area contributed by atoms with Crippen LogP contribution in [0, 0.1) is 0 Å². The van der Waals surface area contributed by atoms with Gasteiger partial charge in [-0.05, 0) is 87.9 Å². The van der Waals surface area contributed by atoms with Crippen LogP contribution >= 0.6 is 0 Å². The molecular formula is C45H57N5O4S. The van der Waals surface area contributed by atoms with E-state index in [1.54, 1.807) is 12.1 Å². The minimum Gasteiger partial charge on any atom is -0.478 e. The van der Waals surface area contributed by atoms with Crippen molar-refractivity contribution in [2.45, 2.75) is 65.2 Å². The fourth-order valence-corrected chi connectivity index (χ4v) is 8.58. The van der Waals surface area contributed by atoms with Crippen molar-refractivity contribution >= 4 is 33.2 Å². The van der Waals surface area contributed by atoms with Crippen LogP contribution in [0.2, 0.25) is 0 Å². The van der Waals surface area contributed by atoms with Crippen molar-refractivity contribution < 1.29 is 18.3 Å². The lowest BCUT2D eigenvalue weighted by molar-refractivity contribution is 0.0698. The van der Waals surface area contributed by atoms with Crippen LogP contribution in [-0.4, -0.2) is 81.1 Å². The van der Waals surface area contributed by atoms with E-state index in [1.165, 1.54) is 27.2 Å². The highest BCUT2D eigenvalue weighted by atomic mass is 32.2. The molecule has 2 aliphatic heterocycles. The zero-order valence-electron chi connectivity index (χ0n) is 33.3. The van der Waals surface area contributed by atoms with Crippen molar-refractivity contribution in [3.05, 3.63) is 126 Å². The standard InChI is InChI=1S/C45H57N5O4S/c1-33(47-23-25-48(26-24-47)39-18-14-37(15-19-39)44(2,3)4)11-12-34-9-8-10-35(31-34)36-13-22-41(43(51)52)42(32-36)46-55(53,54)50-29-27-49(28-30-50)40-20-16-38(17-21-40)45(5,6)7/h8-10,13-22,31-32,46H,1,11-12,23-30H2,2-7H3,(H,51,52). The largest absolute Gasteiger partial charge is 0.478 e. The van der Waals surface area contributed by atoms with E-state index in [0.717, 1.165) is 67.1 Å². The third kappa shape index (κ3) is 9.72. The number of anilines is 3. The number of carboxylic acid groups (broad SMARTS) is 1. The third-order valence-electron chi connectivity index (χ3n) is 11.0. The van der Waals surface area contributed by atoms with Crippen molar-refractivity contribution in [1.29, 1.82) is 0 Å². The SMILES string of the molecule is C=C(CCc1cccc(-c2ccc(C(=O)O)c(NS(=O)(=O)N3CCN(c4ccc(C(C)(C)C)cc4)CC3)c2)c1)N1CCN(c2ccc(C(C)(C)C)cc2)CC1. The molecule has 0 unspecified atom stereocenters. The first-order chi connectivity index (χ1) is 26.0. The summed E-state index contributed by atoms with van der Waals surface area (Å²) >= 11 is 0. The molecular weight excluding hydrogens is 707 g/mol. The van der Waals surface area contributed by atoms with E-state index < -0.39 is 16.2 Å². The number of hydrogen-bond acceptors (Lipinski definition) is 6. The summed E-state index contributed by atoms with van der Waals surface area (Å²) in [6.07, 6.45) is 1.63. The molecule has 2 saturated heterocycles. The van der Waals surface area contributed by atoms with E-state index in [4.69, 9.17) is 0 Å². The van der Waals surface area contributed by atoms with Crippen LogP contribution < -0.4 is 14.5 Å².